The van der Waals surface area contributed by atoms with E-state index in [1.54, 1.807) is 0 Å². The quantitative estimate of drug-likeness (QED) is 0.882. The van der Waals surface area contributed by atoms with Gasteiger partial charge in [0.25, 0.3) is 0 Å². The fraction of sp³-hybridized carbons (Fsp3) is 0.833. The van der Waals surface area contributed by atoms with Crippen LogP contribution in [0, 0.1) is 18.8 Å². The number of nitrogens with zero attached hydrogens (tertiary/aromatic N) is 2. The Labute approximate surface area is 102 Å². The first kappa shape index (κ1) is 12.0. The average Bonchev–Trinajstić information content (AvgIpc) is 2.75. The molecular weight excluding hydrogens is 218 g/mol. The van der Waals surface area contributed by atoms with Gasteiger partial charge < -0.3 is 5.73 Å². The van der Waals surface area contributed by atoms with Crippen molar-refractivity contribution in [2.75, 3.05) is 0 Å². The smallest absolute Gasteiger partial charge is 0.0772 e. The van der Waals surface area contributed by atoms with Crippen LogP contribution < -0.4 is 5.73 Å². The molecule has 1 saturated carbocycles. The first-order chi connectivity index (χ1) is 7.72. The lowest BCUT2D eigenvalue weighted by atomic mass is 9.77. The summed E-state index contributed by atoms with van der Waals surface area (Å²) < 4.78 is 3.98. The first-order valence-electron chi connectivity index (χ1n) is 6.26. The van der Waals surface area contributed by atoms with Crippen LogP contribution in [0.25, 0.3) is 0 Å². The third-order valence-corrected chi connectivity index (χ3v) is 4.89. The van der Waals surface area contributed by atoms with E-state index >= 15 is 0 Å². The lowest BCUT2D eigenvalue weighted by Gasteiger charge is -2.31. The summed E-state index contributed by atoms with van der Waals surface area (Å²) in [4.78, 5) is 1.19. The molecule has 0 amide bonds. The average molecular weight is 239 g/mol. The second-order valence-electron chi connectivity index (χ2n) is 4.94. The van der Waals surface area contributed by atoms with Crippen LogP contribution in [0.15, 0.2) is 0 Å². The van der Waals surface area contributed by atoms with E-state index in [0.717, 1.165) is 11.6 Å². The van der Waals surface area contributed by atoms with Gasteiger partial charge in [-0.1, -0.05) is 30.7 Å². The lowest BCUT2D eigenvalue weighted by Crippen LogP contribution is -2.25. The summed E-state index contributed by atoms with van der Waals surface area (Å²) in [5.74, 6) is 1.58. The number of rotatable bonds is 3. The normalized spacial score (nSPS) is 27.9. The molecule has 1 aliphatic rings. The topological polar surface area (TPSA) is 51.8 Å². The van der Waals surface area contributed by atoms with Gasteiger partial charge in [0.15, 0.2) is 0 Å². The van der Waals surface area contributed by atoms with Crippen molar-refractivity contribution in [3.8, 4) is 0 Å². The van der Waals surface area contributed by atoms with Crippen molar-refractivity contribution < 1.29 is 0 Å². The Balaban J connectivity index is 1.97. The number of hydrogen-bond acceptors (Lipinski definition) is 4. The van der Waals surface area contributed by atoms with Gasteiger partial charge in [0.05, 0.1) is 10.6 Å². The lowest BCUT2D eigenvalue weighted by molar-refractivity contribution is 0.241. The molecule has 1 aromatic rings. The molecule has 1 atom stereocenters. The van der Waals surface area contributed by atoms with Crippen LogP contribution in [0.2, 0.25) is 0 Å². The molecule has 90 valence electrons. The maximum Gasteiger partial charge on any atom is 0.0772 e. The molecule has 1 unspecified atom stereocenters. The fourth-order valence-electron chi connectivity index (χ4n) is 2.71. The Morgan fingerprint density at radius 3 is 2.56 bits per heavy atom. The first-order valence-corrected chi connectivity index (χ1v) is 7.04. The number of hydrogen-bond donors (Lipinski definition) is 1. The molecule has 2 rings (SSSR count). The molecule has 1 heterocycles. The summed E-state index contributed by atoms with van der Waals surface area (Å²) in [6.07, 6.45) is 6.57. The zero-order valence-corrected chi connectivity index (χ0v) is 11.0. The van der Waals surface area contributed by atoms with E-state index < -0.39 is 0 Å². The number of aryl methyl sites for hydroxylation is 1. The third kappa shape index (κ3) is 2.43. The Kier molecular flexibility index (Phi) is 3.92. The van der Waals surface area contributed by atoms with Crippen LogP contribution in [0.1, 0.15) is 55.6 Å². The van der Waals surface area contributed by atoms with Gasteiger partial charge in [-0.25, -0.2) is 0 Å². The van der Waals surface area contributed by atoms with Gasteiger partial charge in [-0.15, -0.1) is 5.10 Å². The van der Waals surface area contributed by atoms with Crippen molar-refractivity contribution in [2.24, 2.45) is 17.6 Å². The largest absolute Gasteiger partial charge is 0.323 e. The van der Waals surface area contributed by atoms with Gasteiger partial charge in [0.1, 0.15) is 0 Å². The van der Waals surface area contributed by atoms with E-state index in [4.69, 9.17) is 5.73 Å². The van der Waals surface area contributed by atoms with E-state index in [2.05, 4.69) is 16.5 Å². The molecule has 0 bridgehead atoms. The molecule has 0 radical (unpaired) electrons. The van der Waals surface area contributed by atoms with Crippen molar-refractivity contribution >= 4 is 11.5 Å². The maximum atomic E-state index is 6.33. The summed E-state index contributed by atoms with van der Waals surface area (Å²) in [6.45, 7) is 4.30. The predicted molar refractivity (Wildman–Crippen MR) is 67.3 cm³/mol. The highest BCUT2D eigenvalue weighted by Crippen LogP contribution is 2.38. The summed E-state index contributed by atoms with van der Waals surface area (Å²) in [6, 6.07) is 0.165. The Hall–Kier alpha value is -0.480. The molecular formula is C12H21N3S. The van der Waals surface area contributed by atoms with Gasteiger partial charge in [-0.05, 0) is 43.1 Å². The van der Waals surface area contributed by atoms with Crippen molar-refractivity contribution in [1.29, 1.82) is 0 Å². The number of aromatic nitrogens is 2. The highest BCUT2D eigenvalue weighted by Gasteiger charge is 2.27. The molecule has 0 saturated heterocycles. The highest BCUT2D eigenvalue weighted by molar-refractivity contribution is 7.05. The van der Waals surface area contributed by atoms with E-state index in [-0.39, 0.29) is 6.04 Å². The molecule has 1 fully saturated rings. The molecule has 2 N–H and O–H groups in total. The highest BCUT2D eigenvalue weighted by atomic mass is 32.1. The molecule has 4 heteroatoms. The molecule has 16 heavy (non-hydrogen) atoms. The molecule has 0 aliphatic heterocycles. The third-order valence-electron chi connectivity index (χ3n) is 3.97. The van der Waals surface area contributed by atoms with E-state index in [0.29, 0.717) is 5.92 Å². The van der Waals surface area contributed by atoms with Crippen LogP contribution in [0.3, 0.4) is 0 Å². The fourth-order valence-corrected chi connectivity index (χ4v) is 3.45. The Bertz CT molecular complexity index is 329. The van der Waals surface area contributed by atoms with Crippen LogP contribution in [0.4, 0.5) is 0 Å². The molecule has 3 nitrogen and oxygen atoms in total. The SMILES string of the molecule is CCC1CCC(C(N)c2snnc2C)CC1. The second kappa shape index (κ2) is 5.23. The van der Waals surface area contributed by atoms with Gasteiger partial charge >= 0.3 is 0 Å². The van der Waals surface area contributed by atoms with E-state index in [1.165, 1.54) is 48.5 Å². The monoisotopic (exact) mass is 239 g/mol. The summed E-state index contributed by atoms with van der Waals surface area (Å²) >= 11 is 1.47. The molecule has 0 spiro atoms. The van der Waals surface area contributed by atoms with Gasteiger partial charge in [-0.2, -0.15) is 0 Å². The minimum absolute atomic E-state index is 0.165. The van der Waals surface area contributed by atoms with Crippen molar-refractivity contribution in [1.82, 2.24) is 9.59 Å². The number of nitrogens with two attached hydrogens (primary N) is 1. The van der Waals surface area contributed by atoms with Crippen LogP contribution in [0.5, 0.6) is 0 Å². The second-order valence-corrected chi connectivity index (χ2v) is 5.72. The van der Waals surface area contributed by atoms with Gasteiger partial charge in [0.2, 0.25) is 0 Å². The summed E-state index contributed by atoms with van der Waals surface area (Å²) in [5.41, 5.74) is 7.36. The minimum Gasteiger partial charge on any atom is -0.323 e. The molecule has 1 aromatic heterocycles. The van der Waals surface area contributed by atoms with Crippen molar-refractivity contribution in [3.05, 3.63) is 10.6 Å². The Morgan fingerprint density at radius 2 is 2.06 bits per heavy atom. The molecule has 1 aliphatic carbocycles. The Morgan fingerprint density at radius 1 is 1.38 bits per heavy atom. The minimum atomic E-state index is 0.165. The zero-order chi connectivity index (χ0) is 11.5. The maximum absolute atomic E-state index is 6.33. The summed E-state index contributed by atoms with van der Waals surface area (Å²) in [7, 11) is 0. The predicted octanol–water partition coefficient (Wildman–Crippen LogP) is 3.06. The molecule has 0 aromatic carbocycles. The summed E-state index contributed by atoms with van der Waals surface area (Å²) in [5, 5.41) is 4.05. The van der Waals surface area contributed by atoms with Crippen molar-refractivity contribution in [3.63, 3.8) is 0 Å². The van der Waals surface area contributed by atoms with Crippen LogP contribution in [-0.4, -0.2) is 9.59 Å². The van der Waals surface area contributed by atoms with Gasteiger partial charge in [0, 0.05) is 6.04 Å². The van der Waals surface area contributed by atoms with Gasteiger partial charge in [-0.3, -0.25) is 0 Å². The standard InChI is InChI=1S/C12H21N3S/c1-3-9-4-6-10(7-5-9)11(13)12-8(2)14-15-16-12/h9-11H,3-7,13H2,1-2H3. The van der Waals surface area contributed by atoms with Crippen LogP contribution in [-0.2, 0) is 0 Å². The zero-order valence-electron chi connectivity index (χ0n) is 10.1. The van der Waals surface area contributed by atoms with E-state index in [9.17, 15) is 0 Å². The van der Waals surface area contributed by atoms with Crippen molar-refractivity contribution in [2.45, 2.75) is 52.0 Å². The van der Waals surface area contributed by atoms with E-state index in [1.807, 2.05) is 6.92 Å². The van der Waals surface area contributed by atoms with Crippen LogP contribution >= 0.6 is 11.5 Å².